The third kappa shape index (κ3) is 5.04. The van der Waals surface area contributed by atoms with Gasteiger partial charge in [-0.05, 0) is 36.2 Å². The van der Waals surface area contributed by atoms with E-state index in [1.807, 2.05) is 47.8 Å². The van der Waals surface area contributed by atoms with Gasteiger partial charge in [0.25, 0.3) is 0 Å². The predicted octanol–water partition coefficient (Wildman–Crippen LogP) is 5.23. The predicted molar refractivity (Wildman–Crippen MR) is 115 cm³/mol. The minimum absolute atomic E-state index is 0.192. The Hall–Kier alpha value is -1.63. The number of benzene rings is 2. The van der Waals surface area contributed by atoms with Gasteiger partial charge < -0.3 is 14.8 Å². The second kappa shape index (κ2) is 9.25. The van der Waals surface area contributed by atoms with E-state index in [0.717, 1.165) is 47.9 Å². The molecular formula is C21H20Cl2N2O2S. The minimum Gasteiger partial charge on any atom is -0.486 e. The van der Waals surface area contributed by atoms with Gasteiger partial charge in [-0.2, -0.15) is 0 Å². The summed E-state index contributed by atoms with van der Waals surface area (Å²) in [7, 11) is 0. The van der Waals surface area contributed by atoms with E-state index < -0.39 is 0 Å². The maximum Gasteiger partial charge on any atom is 0.138 e. The van der Waals surface area contributed by atoms with Crippen LogP contribution in [0.25, 0.3) is 10.6 Å². The van der Waals surface area contributed by atoms with Crippen molar-refractivity contribution in [2.75, 3.05) is 19.7 Å². The lowest BCUT2D eigenvalue weighted by Gasteiger charge is -2.23. The van der Waals surface area contributed by atoms with Gasteiger partial charge in [-0.3, -0.25) is 0 Å². The molecule has 28 heavy (non-hydrogen) atoms. The van der Waals surface area contributed by atoms with Crippen molar-refractivity contribution in [3.05, 3.63) is 69.1 Å². The zero-order valence-electron chi connectivity index (χ0n) is 15.2. The summed E-state index contributed by atoms with van der Waals surface area (Å²) in [6, 6.07) is 13.6. The summed E-state index contributed by atoms with van der Waals surface area (Å²) < 4.78 is 11.6. The zero-order valence-corrected chi connectivity index (χ0v) is 17.5. The number of morpholine rings is 1. The van der Waals surface area contributed by atoms with Gasteiger partial charge >= 0.3 is 0 Å². The molecule has 1 fully saturated rings. The molecule has 1 N–H and O–H groups in total. The van der Waals surface area contributed by atoms with Crippen molar-refractivity contribution in [1.29, 1.82) is 0 Å². The van der Waals surface area contributed by atoms with E-state index in [9.17, 15) is 0 Å². The molecule has 146 valence electrons. The molecule has 4 rings (SSSR count). The van der Waals surface area contributed by atoms with E-state index in [4.69, 9.17) is 32.7 Å². The Morgan fingerprint density at radius 2 is 2.04 bits per heavy atom. The summed E-state index contributed by atoms with van der Waals surface area (Å²) in [6.07, 6.45) is 1.03. The summed E-state index contributed by atoms with van der Waals surface area (Å²) in [5, 5.41) is 7.60. The lowest BCUT2D eigenvalue weighted by Crippen LogP contribution is -2.39. The second-order valence-corrected chi connectivity index (χ2v) is 8.31. The van der Waals surface area contributed by atoms with Gasteiger partial charge in [0, 0.05) is 29.1 Å². The molecule has 0 radical (unpaired) electrons. The van der Waals surface area contributed by atoms with E-state index in [2.05, 4.69) is 10.3 Å². The van der Waals surface area contributed by atoms with Crippen LogP contribution in [0.15, 0.2) is 47.8 Å². The monoisotopic (exact) mass is 434 g/mol. The summed E-state index contributed by atoms with van der Waals surface area (Å²) in [4.78, 5) is 4.63. The van der Waals surface area contributed by atoms with Crippen molar-refractivity contribution in [1.82, 2.24) is 10.3 Å². The van der Waals surface area contributed by atoms with Crippen molar-refractivity contribution < 1.29 is 9.47 Å². The van der Waals surface area contributed by atoms with Crippen LogP contribution in [0.3, 0.4) is 0 Å². The van der Waals surface area contributed by atoms with E-state index >= 15 is 0 Å². The minimum atomic E-state index is 0.192. The van der Waals surface area contributed by atoms with Crippen molar-refractivity contribution in [2.24, 2.45) is 0 Å². The van der Waals surface area contributed by atoms with Gasteiger partial charge in [-0.25, -0.2) is 4.98 Å². The Bertz CT molecular complexity index is 924. The van der Waals surface area contributed by atoms with Crippen LogP contribution in [0.5, 0.6) is 5.75 Å². The molecule has 1 saturated heterocycles. The molecule has 0 amide bonds. The van der Waals surface area contributed by atoms with Gasteiger partial charge in [0.15, 0.2) is 0 Å². The molecule has 2 heterocycles. The fourth-order valence-corrected chi connectivity index (χ4v) is 4.25. The van der Waals surface area contributed by atoms with Crippen LogP contribution in [0.2, 0.25) is 10.0 Å². The summed E-state index contributed by atoms with van der Waals surface area (Å²) in [5.74, 6) is 0.661. The lowest BCUT2D eigenvalue weighted by molar-refractivity contribution is 0.0292. The van der Waals surface area contributed by atoms with Crippen LogP contribution in [0, 0.1) is 0 Å². The number of ether oxygens (including phenoxy) is 2. The van der Waals surface area contributed by atoms with Crippen LogP contribution >= 0.6 is 34.5 Å². The van der Waals surface area contributed by atoms with Crippen LogP contribution in [0.4, 0.5) is 0 Å². The molecule has 1 unspecified atom stereocenters. The van der Waals surface area contributed by atoms with E-state index in [0.29, 0.717) is 22.4 Å². The Morgan fingerprint density at radius 3 is 2.79 bits per heavy atom. The number of hydrogen-bond acceptors (Lipinski definition) is 5. The number of halogens is 2. The van der Waals surface area contributed by atoms with Crippen LogP contribution in [-0.4, -0.2) is 30.8 Å². The van der Waals surface area contributed by atoms with Gasteiger partial charge in [0.05, 0.1) is 23.4 Å². The lowest BCUT2D eigenvalue weighted by atomic mass is 10.1. The Morgan fingerprint density at radius 1 is 1.18 bits per heavy atom. The van der Waals surface area contributed by atoms with Crippen LogP contribution in [-0.2, 0) is 17.8 Å². The fraction of sp³-hybridized carbons (Fsp3) is 0.286. The third-order valence-electron chi connectivity index (χ3n) is 4.48. The SMILES string of the molecule is Clc1ccc(-c2nc(COc3ccc(CC4CNCCO4)cc3Cl)cs2)cc1. The Labute approximate surface area is 178 Å². The summed E-state index contributed by atoms with van der Waals surface area (Å²) >= 11 is 13.9. The first-order valence-electron chi connectivity index (χ1n) is 9.11. The first kappa shape index (κ1) is 19.7. The quantitative estimate of drug-likeness (QED) is 0.576. The van der Waals surface area contributed by atoms with Gasteiger partial charge in [0.1, 0.15) is 17.4 Å². The summed E-state index contributed by atoms with van der Waals surface area (Å²) in [6.45, 7) is 2.92. The maximum atomic E-state index is 6.42. The summed E-state index contributed by atoms with van der Waals surface area (Å²) in [5.41, 5.74) is 3.06. The number of nitrogens with zero attached hydrogens (tertiary/aromatic N) is 1. The molecule has 3 aromatic rings. The first-order chi connectivity index (χ1) is 13.7. The third-order valence-corrected chi connectivity index (χ3v) is 5.97. The molecule has 7 heteroatoms. The number of rotatable bonds is 6. The van der Waals surface area contributed by atoms with Gasteiger partial charge in [-0.15, -0.1) is 11.3 Å². The fourth-order valence-electron chi connectivity index (χ4n) is 3.05. The van der Waals surface area contributed by atoms with Crippen molar-refractivity contribution in [3.8, 4) is 16.3 Å². The van der Waals surface area contributed by atoms with Crippen molar-refractivity contribution in [3.63, 3.8) is 0 Å². The molecule has 0 saturated carbocycles. The van der Waals surface area contributed by atoms with Gasteiger partial charge in [0.2, 0.25) is 0 Å². The second-order valence-electron chi connectivity index (χ2n) is 6.61. The van der Waals surface area contributed by atoms with E-state index in [-0.39, 0.29) is 6.10 Å². The number of aromatic nitrogens is 1. The molecule has 1 aliphatic heterocycles. The van der Waals surface area contributed by atoms with E-state index in [1.54, 1.807) is 11.3 Å². The highest BCUT2D eigenvalue weighted by atomic mass is 35.5. The smallest absolute Gasteiger partial charge is 0.138 e. The Balaban J connectivity index is 1.36. The van der Waals surface area contributed by atoms with Crippen LogP contribution < -0.4 is 10.1 Å². The Kier molecular flexibility index (Phi) is 6.50. The van der Waals surface area contributed by atoms with E-state index in [1.165, 1.54) is 0 Å². The average molecular weight is 435 g/mol. The number of nitrogens with one attached hydrogen (secondary N) is 1. The van der Waals surface area contributed by atoms with Crippen LogP contribution in [0.1, 0.15) is 11.3 Å². The molecule has 1 aromatic heterocycles. The molecule has 0 aliphatic carbocycles. The highest BCUT2D eigenvalue weighted by molar-refractivity contribution is 7.13. The zero-order chi connectivity index (χ0) is 19.3. The number of hydrogen-bond donors (Lipinski definition) is 1. The highest BCUT2D eigenvalue weighted by Crippen LogP contribution is 2.29. The molecular weight excluding hydrogens is 415 g/mol. The van der Waals surface area contributed by atoms with Gasteiger partial charge in [-0.1, -0.05) is 41.4 Å². The largest absolute Gasteiger partial charge is 0.486 e. The first-order valence-corrected chi connectivity index (χ1v) is 10.7. The molecule has 0 spiro atoms. The standard InChI is InChI=1S/C21H20Cl2N2O2S/c22-16-4-2-15(3-5-16)21-25-17(13-28-21)12-27-20-6-1-14(10-19(20)23)9-18-11-24-7-8-26-18/h1-6,10,13,18,24H,7-9,11-12H2. The molecule has 2 aromatic carbocycles. The molecule has 0 bridgehead atoms. The highest BCUT2D eigenvalue weighted by Gasteiger charge is 2.15. The number of thiazole rings is 1. The topological polar surface area (TPSA) is 43.4 Å². The molecule has 4 nitrogen and oxygen atoms in total. The molecule has 1 aliphatic rings. The van der Waals surface area contributed by atoms with Crippen molar-refractivity contribution >= 4 is 34.5 Å². The van der Waals surface area contributed by atoms with Crippen molar-refractivity contribution in [2.45, 2.75) is 19.1 Å². The average Bonchev–Trinajstić information content (AvgIpc) is 3.18. The normalized spacial score (nSPS) is 16.9. The molecule has 1 atom stereocenters. The maximum absolute atomic E-state index is 6.42.